The Morgan fingerprint density at radius 2 is 1.80 bits per heavy atom. The van der Waals surface area contributed by atoms with Gasteiger partial charge in [0.2, 0.25) is 5.78 Å². The molecule has 0 bridgehead atoms. The number of nitriles is 1. The summed E-state index contributed by atoms with van der Waals surface area (Å²) in [6.07, 6.45) is 4.27. The predicted octanol–water partition coefficient (Wildman–Crippen LogP) is 4.45. The Morgan fingerprint density at radius 1 is 1.13 bits per heavy atom. The highest BCUT2D eigenvalue weighted by atomic mass is 16.5. The van der Waals surface area contributed by atoms with E-state index in [4.69, 9.17) is 4.74 Å². The highest BCUT2D eigenvalue weighted by Crippen LogP contribution is 2.20. The number of carbonyl (C=O) groups excluding carboxylic acids is 2. The summed E-state index contributed by atoms with van der Waals surface area (Å²) in [5.74, 6) is -1.10. The Bertz CT molecular complexity index is 1040. The van der Waals surface area contributed by atoms with Gasteiger partial charge in [-0.15, -0.1) is 6.58 Å². The van der Waals surface area contributed by atoms with E-state index in [-0.39, 0.29) is 11.4 Å². The third-order valence-corrected chi connectivity index (χ3v) is 5.22. The fourth-order valence-corrected chi connectivity index (χ4v) is 3.61. The topological polar surface area (TPSA) is 77.0 Å². The van der Waals surface area contributed by atoms with E-state index in [1.54, 1.807) is 12.1 Å². The van der Waals surface area contributed by atoms with Gasteiger partial charge in [0.15, 0.2) is 6.61 Å². The zero-order chi connectivity index (χ0) is 22.4. The van der Waals surface area contributed by atoms with Gasteiger partial charge in [-0.1, -0.05) is 13.0 Å². The van der Waals surface area contributed by atoms with Gasteiger partial charge in [-0.05, 0) is 57.9 Å². The molecule has 2 rings (SSSR count). The summed E-state index contributed by atoms with van der Waals surface area (Å²) in [7, 11) is 0. The van der Waals surface area contributed by atoms with Crippen LogP contribution in [0.25, 0.3) is 6.08 Å². The lowest BCUT2D eigenvalue weighted by molar-refractivity contribution is -0.137. The van der Waals surface area contributed by atoms with Crippen molar-refractivity contribution in [2.24, 2.45) is 0 Å². The molecule has 2 heterocycles. The van der Waals surface area contributed by atoms with Gasteiger partial charge in [-0.25, -0.2) is 4.79 Å². The molecule has 30 heavy (non-hydrogen) atoms. The number of ether oxygens (including phenoxy) is 1. The predicted molar refractivity (Wildman–Crippen MR) is 117 cm³/mol. The van der Waals surface area contributed by atoms with Crippen molar-refractivity contribution in [2.45, 2.75) is 54.1 Å². The SMILES string of the molecule is C=CCn1c(C)cc(C(=O)COC(=O)/C(C#N)=C/c2cc(C)n(CCC)c2C)c1C. The van der Waals surface area contributed by atoms with Crippen molar-refractivity contribution in [1.29, 1.82) is 5.26 Å². The lowest BCUT2D eigenvalue weighted by Gasteiger charge is -2.07. The van der Waals surface area contributed by atoms with Gasteiger partial charge in [0.25, 0.3) is 0 Å². The second kappa shape index (κ2) is 9.93. The molecule has 0 N–H and O–H groups in total. The maximum Gasteiger partial charge on any atom is 0.349 e. The molecule has 0 saturated carbocycles. The van der Waals surface area contributed by atoms with Crippen LogP contribution < -0.4 is 0 Å². The lowest BCUT2D eigenvalue weighted by Crippen LogP contribution is -2.16. The van der Waals surface area contributed by atoms with Crippen LogP contribution in [-0.4, -0.2) is 27.5 Å². The van der Waals surface area contributed by atoms with Crippen LogP contribution in [0.2, 0.25) is 0 Å². The molecule has 0 spiro atoms. The molecule has 2 aromatic heterocycles. The Kier molecular flexibility index (Phi) is 7.60. The number of Topliss-reactive ketones (excluding diaryl/α,β-unsaturated/α-hetero) is 1. The summed E-state index contributed by atoms with van der Waals surface area (Å²) in [4.78, 5) is 25.0. The molecular formula is C24H29N3O3. The summed E-state index contributed by atoms with van der Waals surface area (Å²) in [6, 6.07) is 5.61. The minimum absolute atomic E-state index is 0.128. The number of esters is 1. The number of hydrogen-bond donors (Lipinski definition) is 0. The number of rotatable bonds is 9. The number of hydrogen-bond acceptors (Lipinski definition) is 4. The second-order valence-electron chi connectivity index (χ2n) is 7.33. The number of nitrogens with zero attached hydrogens (tertiary/aromatic N) is 3. The fourth-order valence-electron chi connectivity index (χ4n) is 3.61. The van der Waals surface area contributed by atoms with E-state index in [9.17, 15) is 14.9 Å². The van der Waals surface area contributed by atoms with Crippen LogP contribution in [0.1, 0.15) is 52.0 Å². The van der Waals surface area contributed by atoms with Gasteiger partial charge in [-0.3, -0.25) is 4.79 Å². The Balaban J connectivity index is 2.15. The first-order valence-corrected chi connectivity index (χ1v) is 10.0. The summed E-state index contributed by atoms with van der Waals surface area (Å²) < 4.78 is 9.27. The summed E-state index contributed by atoms with van der Waals surface area (Å²) in [6.45, 7) is 14.6. The van der Waals surface area contributed by atoms with Gasteiger partial charge in [0.1, 0.15) is 11.6 Å². The molecule has 2 aromatic rings. The van der Waals surface area contributed by atoms with Crippen molar-refractivity contribution in [3.8, 4) is 6.07 Å². The van der Waals surface area contributed by atoms with Crippen molar-refractivity contribution in [1.82, 2.24) is 9.13 Å². The van der Waals surface area contributed by atoms with Crippen LogP contribution in [0.4, 0.5) is 0 Å². The molecule has 0 aliphatic rings. The monoisotopic (exact) mass is 407 g/mol. The zero-order valence-corrected chi connectivity index (χ0v) is 18.4. The quantitative estimate of drug-likeness (QED) is 0.202. The van der Waals surface area contributed by atoms with Crippen molar-refractivity contribution < 1.29 is 14.3 Å². The number of aromatic nitrogens is 2. The van der Waals surface area contributed by atoms with E-state index in [0.29, 0.717) is 12.1 Å². The first-order chi connectivity index (χ1) is 14.2. The Hall–Kier alpha value is -3.33. The van der Waals surface area contributed by atoms with Gasteiger partial charge >= 0.3 is 5.97 Å². The van der Waals surface area contributed by atoms with E-state index >= 15 is 0 Å². The highest BCUT2D eigenvalue weighted by Gasteiger charge is 2.19. The molecule has 0 radical (unpaired) electrons. The van der Waals surface area contributed by atoms with Crippen LogP contribution in [-0.2, 0) is 22.6 Å². The van der Waals surface area contributed by atoms with E-state index in [1.807, 2.05) is 44.4 Å². The van der Waals surface area contributed by atoms with Crippen LogP contribution in [0.3, 0.4) is 0 Å². The van der Waals surface area contributed by atoms with E-state index in [2.05, 4.69) is 18.1 Å². The van der Waals surface area contributed by atoms with Crippen molar-refractivity contribution >= 4 is 17.8 Å². The van der Waals surface area contributed by atoms with Gasteiger partial charge in [0, 0.05) is 41.4 Å². The minimum Gasteiger partial charge on any atom is -0.453 e. The van der Waals surface area contributed by atoms with Crippen LogP contribution in [0, 0.1) is 39.0 Å². The molecule has 0 saturated heterocycles. The van der Waals surface area contributed by atoms with Gasteiger partial charge in [-0.2, -0.15) is 5.26 Å². The molecular weight excluding hydrogens is 378 g/mol. The third-order valence-electron chi connectivity index (χ3n) is 5.22. The maximum atomic E-state index is 12.6. The first kappa shape index (κ1) is 23.0. The summed E-state index contributed by atoms with van der Waals surface area (Å²) >= 11 is 0. The lowest BCUT2D eigenvalue weighted by atomic mass is 10.1. The molecule has 0 atom stereocenters. The molecule has 6 nitrogen and oxygen atoms in total. The number of carbonyl (C=O) groups is 2. The molecule has 0 aliphatic heterocycles. The molecule has 0 fully saturated rings. The maximum absolute atomic E-state index is 12.6. The van der Waals surface area contributed by atoms with Crippen LogP contribution >= 0.6 is 0 Å². The van der Waals surface area contributed by atoms with Gasteiger partial charge < -0.3 is 13.9 Å². The number of ketones is 1. The highest BCUT2D eigenvalue weighted by molar-refractivity contribution is 6.02. The smallest absolute Gasteiger partial charge is 0.349 e. The van der Waals surface area contributed by atoms with Crippen molar-refractivity contribution in [3.05, 3.63) is 64.3 Å². The first-order valence-electron chi connectivity index (χ1n) is 10.0. The third kappa shape index (κ3) is 4.80. The van der Waals surface area contributed by atoms with Crippen molar-refractivity contribution in [3.63, 3.8) is 0 Å². The normalized spacial score (nSPS) is 11.3. The molecule has 158 valence electrons. The molecule has 0 aromatic carbocycles. The summed E-state index contributed by atoms with van der Waals surface area (Å²) in [5.41, 5.74) is 4.96. The van der Waals surface area contributed by atoms with Gasteiger partial charge in [0.05, 0.1) is 0 Å². The van der Waals surface area contributed by atoms with Crippen molar-refractivity contribution in [2.75, 3.05) is 6.61 Å². The summed E-state index contributed by atoms with van der Waals surface area (Å²) in [5, 5.41) is 9.43. The number of aryl methyl sites for hydroxylation is 2. The average molecular weight is 408 g/mol. The minimum atomic E-state index is -0.800. The molecule has 6 heteroatoms. The molecule has 0 amide bonds. The van der Waals surface area contributed by atoms with E-state index < -0.39 is 12.6 Å². The van der Waals surface area contributed by atoms with Crippen LogP contribution in [0.15, 0.2) is 30.4 Å². The fraction of sp³-hybridized carbons (Fsp3) is 0.375. The van der Waals surface area contributed by atoms with Crippen LogP contribution in [0.5, 0.6) is 0 Å². The van der Waals surface area contributed by atoms with E-state index in [1.165, 1.54) is 6.08 Å². The molecule has 0 aliphatic carbocycles. The second-order valence-corrected chi connectivity index (χ2v) is 7.33. The van der Waals surface area contributed by atoms with E-state index in [0.717, 1.165) is 41.3 Å². The Morgan fingerprint density at radius 3 is 2.40 bits per heavy atom. The average Bonchev–Trinajstić information content (AvgIpc) is 3.15. The zero-order valence-electron chi connectivity index (χ0n) is 18.4. The largest absolute Gasteiger partial charge is 0.453 e. The molecule has 0 unspecified atom stereocenters. The standard InChI is InChI=1S/C24H29N3O3/c1-7-9-26-16(3)11-20(18(26)5)13-21(14-25)24(29)30-15-23(28)22-12-17(4)27(10-8-2)19(22)6/h8,11-13H,2,7,9-10,15H2,1,3-6H3/b21-13+. The Labute approximate surface area is 178 Å². The number of allylic oxidation sites excluding steroid dienone is 1.